The topological polar surface area (TPSA) is 86.1 Å². The second-order valence-electron chi connectivity index (χ2n) is 7.08. The van der Waals surface area contributed by atoms with Crippen LogP contribution in [0.3, 0.4) is 0 Å². The molecule has 6 heteroatoms. The highest BCUT2D eigenvalue weighted by atomic mass is 16.2. The molecule has 2 fully saturated rings. The van der Waals surface area contributed by atoms with Gasteiger partial charge in [0.25, 0.3) is 0 Å². The number of carbonyl (C=O) groups is 2. The molecule has 128 valence electrons. The Kier molecular flexibility index (Phi) is 3.79. The van der Waals surface area contributed by atoms with Gasteiger partial charge in [-0.3, -0.25) is 14.5 Å². The van der Waals surface area contributed by atoms with Crippen molar-refractivity contribution in [2.24, 2.45) is 23.7 Å². The molecule has 0 aromatic carbocycles. The second kappa shape index (κ2) is 5.99. The Morgan fingerprint density at radius 1 is 1.24 bits per heavy atom. The van der Waals surface area contributed by atoms with Gasteiger partial charge in [0, 0.05) is 13.1 Å². The van der Waals surface area contributed by atoms with E-state index in [9.17, 15) is 9.59 Å². The van der Waals surface area contributed by atoms with Gasteiger partial charge in [-0.2, -0.15) is 5.26 Å². The monoisotopic (exact) mass is 336 g/mol. The van der Waals surface area contributed by atoms with Crippen molar-refractivity contribution in [2.75, 3.05) is 18.4 Å². The number of likely N-dealkylation sites (tertiary alicyclic amines) is 1. The third-order valence-corrected chi connectivity index (χ3v) is 5.63. The van der Waals surface area contributed by atoms with E-state index in [2.05, 4.69) is 28.5 Å². The van der Waals surface area contributed by atoms with E-state index in [0.717, 1.165) is 12.0 Å². The van der Waals surface area contributed by atoms with Crippen molar-refractivity contribution in [1.29, 1.82) is 5.26 Å². The van der Waals surface area contributed by atoms with Gasteiger partial charge in [-0.15, -0.1) is 0 Å². The number of aromatic nitrogens is 1. The minimum absolute atomic E-state index is 0.00655. The molecule has 1 N–H and O–H groups in total. The fraction of sp³-hybridized carbons (Fsp3) is 0.474. The maximum Gasteiger partial charge on any atom is 0.233 e. The molecule has 4 atom stereocenters. The molecule has 3 aliphatic rings. The predicted molar refractivity (Wildman–Crippen MR) is 91.2 cm³/mol. The molecule has 6 nitrogen and oxygen atoms in total. The SMILES string of the molecule is Cc1ccc(NCCCN2C(=O)[C@@H]3[C@@H](C2=O)[C@H]2C=C[C@H]3C2)nc1C#N. The van der Waals surface area contributed by atoms with Crippen molar-refractivity contribution in [2.45, 2.75) is 19.8 Å². The Hall–Kier alpha value is -2.68. The van der Waals surface area contributed by atoms with Gasteiger partial charge in [0.1, 0.15) is 17.6 Å². The molecule has 0 radical (unpaired) electrons. The lowest BCUT2D eigenvalue weighted by atomic mass is 9.85. The van der Waals surface area contributed by atoms with Gasteiger partial charge in [0.05, 0.1) is 11.8 Å². The van der Waals surface area contributed by atoms with Crippen LogP contribution in [0.5, 0.6) is 0 Å². The molecule has 1 aromatic rings. The number of carbonyl (C=O) groups excluding carboxylic acids is 2. The Morgan fingerprint density at radius 2 is 1.92 bits per heavy atom. The number of hydrogen-bond acceptors (Lipinski definition) is 5. The number of imide groups is 1. The molecular formula is C19H20N4O2. The molecular weight excluding hydrogens is 316 g/mol. The quantitative estimate of drug-likeness (QED) is 0.504. The minimum atomic E-state index is -0.118. The summed E-state index contributed by atoms with van der Waals surface area (Å²) in [4.78, 5) is 30.8. The molecule has 0 unspecified atom stereocenters. The molecule has 2 amide bonds. The summed E-state index contributed by atoms with van der Waals surface area (Å²) >= 11 is 0. The van der Waals surface area contributed by atoms with Gasteiger partial charge >= 0.3 is 0 Å². The largest absolute Gasteiger partial charge is 0.370 e. The van der Waals surface area contributed by atoms with Crippen molar-refractivity contribution >= 4 is 17.6 Å². The van der Waals surface area contributed by atoms with E-state index in [-0.39, 0.29) is 35.5 Å². The zero-order chi connectivity index (χ0) is 17.6. The smallest absolute Gasteiger partial charge is 0.233 e. The summed E-state index contributed by atoms with van der Waals surface area (Å²) in [6.45, 7) is 2.88. The lowest BCUT2D eigenvalue weighted by molar-refractivity contribution is -0.140. The molecule has 4 rings (SSSR count). The maximum absolute atomic E-state index is 12.6. The van der Waals surface area contributed by atoms with Crippen LogP contribution in [0, 0.1) is 41.9 Å². The van der Waals surface area contributed by atoms with E-state index in [1.54, 1.807) is 0 Å². The lowest BCUT2D eigenvalue weighted by Gasteiger charge is -2.17. The summed E-state index contributed by atoms with van der Waals surface area (Å²) in [6.07, 6.45) is 5.84. The first-order valence-electron chi connectivity index (χ1n) is 8.75. The van der Waals surface area contributed by atoms with Gasteiger partial charge in [-0.25, -0.2) is 4.98 Å². The number of allylic oxidation sites excluding steroid dienone is 2. The standard InChI is InChI=1S/C19H20N4O2/c1-11-3-6-15(22-14(11)10-20)21-7-2-8-23-18(24)16-12-4-5-13(9-12)17(16)19(23)25/h3-6,12-13,16-17H,2,7-9H2,1H3,(H,21,22)/t12-,13-,16-,17-/m0/s1. The first-order valence-corrected chi connectivity index (χ1v) is 8.75. The van der Waals surface area contributed by atoms with Crippen molar-refractivity contribution < 1.29 is 9.59 Å². The van der Waals surface area contributed by atoms with Crippen LogP contribution >= 0.6 is 0 Å². The van der Waals surface area contributed by atoms with Crippen molar-refractivity contribution in [3.8, 4) is 6.07 Å². The molecule has 1 saturated carbocycles. The van der Waals surface area contributed by atoms with Crippen LogP contribution in [0.1, 0.15) is 24.1 Å². The molecule has 1 aromatic heterocycles. The second-order valence-corrected chi connectivity index (χ2v) is 7.08. The number of pyridine rings is 1. The van der Waals surface area contributed by atoms with E-state index in [4.69, 9.17) is 5.26 Å². The number of anilines is 1. The number of amides is 2. The van der Waals surface area contributed by atoms with Crippen LogP contribution < -0.4 is 5.32 Å². The van der Waals surface area contributed by atoms with E-state index in [1.165, 1.54) is 4.90 Å². The number of hydrogen-bond donors (Lipinski definition) is 1. The number of fused-ring (bicyclic) bond motifs is 5. The summed E-state index contributed by atoms with van der Waals surface area (Å²) < 4.78 is 0. The number of aryl methyl sites for hydroxylation is 1. The van der Waals surface area contributed by atoms with E-state index in [0.29, 0.717) is 31.0 Å². The van der Waals surface area contributed by atoms with E-state index in [1.807, 2.05) is 19.1 Å². The normalized spacial score (nSPS) is 29.2. The highest BCUT2D eigenvalue weighted by Gasteiger charge is 2.58. The van der Waals surface area contributed by atoms with Gasteiger partial charge in [-0.05, 0) is 43.2 Å². The number of nitrogens with zero attached hydrogens (tertiary/aromatic N) is 3. The molecule has 1 saturated heterocycles. The molecule has 2 aliphatic carbocycles. The zero-order valence-electron chi connectivity index (χ0n) is 14.1. The van der Waals surface area contributed by atoms with Crippen LogP contribution in [-0.2, 0) is 9.59 Å². The van der Waals surface area contributed by atoms with E-state index < -0.39 is 0 Å². The lowest BCUT2D eigenvalue weighted by Crippen LogP contribution is -2.34. The zero-order valence-corrected chi connectivity index (χ0v) is 14.1. The van der Waals surface area contributed by atoms with Crippen LogP contribution in [0.15, 0.2) is 24.3 Å². The Balaban J connectivity index is 1.32. The van der Waals surface area contributed by atoms with Gasteiger partial charge < -0.3 is 5.32 Å². The molecule has 25 heavy (non-hydrogen) atoms. The fourth-order valence-corrected chi connectivity index (χ4v) is 4.38. The average Bonchev–Trinajstić information content (AvgIpc) is 3.28. The van der Waals surface area contributed by atoms with Crippen LogP contribution in [0.25, 0.3) is 0 Å². The highest BCUT2D eigenvalue weighted by Crippen LogP contribution is 2.52. The molecule has 2 bridgehead atoms. The summed E-state index contributed by atoms with van der Waals surface area (Å²) in [5.41, 5.74) is 1.25. The molecule has 2 heterocycles. The van der Waals surface area contributed by atoms with Gasteiger partial charge in [0.15, 0.2) is 0 Å². The number of nitriles is 1. The first kappa shape index (κ1) is 15.8. The van der Waals surface area contributed by atoms with Crippen LogP contribution in [0.2, 0.25) is 0 Å². The van der Waals surface area contributed by atoms with E-state index >= 15 is 0 Å². The summed E-state index contributed by atoms with van der Waals surface area (Å²) in [7, 11) is 0. The van der Waals surface area contributed by atoms with Crippen molar-refractivity contribution in [1.82, 2.24) is 9.88 Å². The highest BCUT2D eigenvalue weighted by molar-refractivity contribution is 6.06. The van der Waals surface area contributed by atoms with Crippen LogP contribution in [0.4, 0.5) is 5.82 Å². The Morgan fingerprint density at radius 3 is 2.56 bits per heavy atom. The third-order valence-electron chi connectivity index (χ3n) is 5.63. The maximum atomic E-state index is 12.6. The first-order chi connectivity index (χ1) is 12.1. The molecule has 0 spiro atoms. The van der Waals surface area contributed by atoms with Crippen molar-refractivity contribution in [3.63, 3.8) is 0 Å². The minimum Gasteiger partial charge on any atom is -0.370 e. The van der Waals surface area contributed by atoms with Crippen molar-refractivity contribution in [3.05, 3.63) is 35.5 Å². The Labute approximate surface area is 146 Å². The Bertz CT molecular complexity index is 780. The van der Waals surface area contributed by atoms with Gasteiger partial charge in [0.2, 0.25) is 11.8 Å². The number of rotatable bonds is 5. The summed E-state index contributed by atoms with van der Waals surface area (Å²) in [5, 5.41) is 12.2. The predicted octanol–water partition coefficient (Wildman–Crippen LogP) is 1.87. The van der Waals surface area contributed by atoms with Crippen LogP contribution in [-0.4, -0.2) is 34.8 Å². The summed E-state index contributed by atoms with van der Waals surface area (Å²) in [6, 6.07) is 5.75. The van der Waals surface area contributed by atoms with Gasteiger partial charge in [-0.1, -0.05) is 18.2 Å². The fourth-order valence-electron chi connectivity index (χ4n) is 4.38. The molecule has 1 aliphatic heterocycles. The summed E-state index contributed by atoms with van der Waals surface area (Å²) in [5.74, 6) is 0.936. The number of nitrogens with one attached hydrogen (secondary N) is 1. The average molecular weight is 336 g/mol. The third kappa shape index (κ3) is 2.51.